The van der Waals surface area contributed by atoms with Crippen molar-refractivity contribution in [3.8, 4) is 0 Å². The van der Waals surface area contributed by atoms with Gasteiger partial charge in [-0.25, -0.2) is 4.79 Å². The first-order valence-electron chi connectivity index (χ1n) is 7.16. The van der Waals surface area contributed by atoms with Crippen LogP contribution in [0.25, 0.3) is 11.0 Å². The van der Waals surface area contributed by atoms with Crippen molar-refractivity contribution in [1.29, 1.82) is 0 Å². The van der Waals surface area contributed by atoms with Crippen LogP contribution in [0.2, 0.25) is 0 Å². The summed E-state index contributed by atoms with van der Waals surface area (Å²) in [6, 6.07) is 14.6. The molecule has 3 aromatic rings. The minimum Gasteiger partial charge on any atom is -0.550 e. The van der Waals surface area contributed by atoms with Crippen molar-refractivity contribution < 1.29 is 19.1 Å². The molecule has 0 unspecified atom stereocenters. The van der Waals surface area contributed by atoms with E-state index in [2.05, 4.69) is 5.32 Å². The van der Waals surface area contributed by atoms with Crippen molar-refractivity contribution in [1.82, 2.24) is 0 Å². The Morgan fingerprint density at radius 3 is 2.46 bits per heavy atom. The SMILES string of the molecule is O=C([O-])Cc1ccc(NC(=O)c2cc3ccccc3oc2=O)cc1. The standard InChI is InChI=1S/C18H13NO5/c20-16(21)9-11-5-7-13(8-6-11)19-17(22)14-10-12-3-1-2-4-15(12)24-18(14)23/h1-8,10H,9H2,(H,19,22)(H,20,21)/p-1. The van der Waals surface area contributed by atoms with Crippen molar-refractivity contribution in [3.05, 3.63) is 76.1 Å². The van der Waals surface area contributed by atoms with Crippen LogP contribution in [-0.2, 0) is 11.2 Å². The molecule has 0 saturated heterocycles. The van der Waals surface area contributed by atoms with Gasteiger partial charge in [0.05, 0.1) is 0 Å². The number of aliphatic carboxylic acids is 1. The third-order valence-corrected chi connectivity index (χ3v) is 3.45. The zero-order valence-corrected chi connectivity index (χ0v) is 12.4. The third kappa shape index (κ3) is 3.33. The summed E-state index contributed by atoms with van der Waals surface area (Å²) in [5.74, 6) is -1.78. The Labute approximate surface area is 136 Å². The molecular weight excluding hydrogens is 310 g/mol. The maximum absolute atomic E-state index is 12.3. The number of para-hydroxylation sites is 1. The Kier molecular flexibility index (Phi) is 4.11. The zero-order valence-electron chi connectivity index (χ0n) is 12.4. The van der Waals surface area contributed by atoms with Crippen LogP contribution in [-0.4, -0.2) is 11.9 Å². The number of amides is 1. The van der Waals surface area contributed by atoms with Crippen molar-refractivity contribution in [3.63, 3.8) is 0 Å². The van der Waals surface area contributed by atoms with Gasteiger partial charge in [0.2, 0.25) is 0 Å². The summed E-state index contributed by atoms with van der Waals surface area (Å²) in [7, 11) is 0. The molecular formula is C18H12NO5-. The first kappa shape index (κ1) is 15.5. The highest BCUT2D eigenvalue weighted by molar-refractivity contribution is 6.05. The maximum Gasteiger partial charge on any atom is 0.349 e. The number of hydrogen-bond acceptors (Lipinski definition) is 5. The first-order valence-corrected chi connectivity index (χ1v) is 7.16. The molecule has 6 nitrogen and oxygen atoms in total. The van der Waals surface area contributed by atoms with Crippen LogP contribution in [0.15, 0.2) is 63.8 Å². The van der Waals surface area contributed by atoms with Crippen molar-refractivity contribution in [2.75, 3.05) is 5.32 Å². The van der Waals surface area contributed by atoms with Gasteiger partial charge in [0.25, 0.3) is 5.91 Å². The number of carbonyl (C=O) groups excluding carboxylic acids is 2. The predicted molar refractivity (Wildman–Crippen MR) is 85.6 cm³/mol. The molecule has 0 aliphatic heterocycles. The van der Waals surface area contributed by atoms with Crippen LogP contribution in [0.3, 0.4) is 0 Å². The molecule has 0 aliphatic rings. The van der Waals surface area contributed by atoms with Crippen LogP contribution in [0.4, 0.5) is 5.69 Å². The Morgan fingerprint density at radius 1 is 1.04 bits per heavy atom. The largest absolute Gasteiger partial charge is 0.550 e. The lowest BCUT2D eigenvalue weighted by Crippen LogP contribution is -2.24. The zero-order chi connectivity index (χ0) is 17.1. The number of benzene rings is 2. The highest BCUT2D eigenvalue weighted by atomic mass is 16.4. The second-order valence-electron chi connectivity index (χ2n) is 5.19. The summed E-state index contributed by atoms with van der Waals surface area (Å²) in [5, 5.41) is 13.8. The van der Waals surface area contributed by atoms with Gasteiger partial charge in [0.15, 0.2) is 0 Å². The molecule has 2 aromatic carbocycles. The lowest BCUT2D eigenvalue weighted by Gasteiger charge is -2.07. The van der Waals surface area contributed by atoms with E-state index in [0.29, 0.717) is 22.2 Å². The summed E-state index contributed by atoms with van der Waals surface area (Å²) in [6.45, 7) is 0. The van der Waals surface area contributed by atoms with Gasteiger partial charge in [-0.2, -0.15) is 0 Å². The van der Waals surface area contributed by atoms with Crippen molar-refractivity contribution in [2.45, 2.75) is 6.42 Å². The van der Waals surface area contributed by atoms with E-state index < -0.39 is 17.5 Å². The molecule has 6 heteroatoms. The molecule has 120 valence electrons. The molecule has 0 atom stereocenters. The van der Waals surface area contributed by atoms with Crippen LogP contribution in [0.5, 0.6) is 0 Å². The summed E-state index contributed by atoms with van der Waals surface area (Å²) >= 11 is 0. The Bertz CT molecular complexity index is 973. The molecule has 1 amide bonds. The van der Waals surface area contributed by atoms with Gasteiger partial charge in [-0.05, 0) is 29.8 Å². The van der Waals surface area contributed by atoms with Crippen LogP contribution < -0.4 is 16.0 Å². The minimum atomic E-state index is -1.18. The van der Waals surface area contributed by atoms with E-state index >= 15 is 0 Å². The van der Waals surface area contributed by atoms with Gasteiger partial charge in [-0.3, -0.25) is 4.79 Å². The normalized spacial score (nSPS) is 10.5. The topological polar surface area (TPSA) is 99.4 Å². The van der Waals surface area contributed by atoms with E-state index in [4.69, 9.17) is 4.42 Å². The summed E-state index contributed by atoms with van der Waals surface area (Å²) in [5.41, 5.74) is 0.575. The van der Waals surface area contributed by atoms with Gasteiger partial charge in [0.1, 0.15) is 11.1 Å². The average Bonchev–Trinajstić information content (AvgIpc) is 2.55. The van der Waals surface area contributed by atoms with Gasteiger partial charge >= 0.3 is 5.63 Å². The minimum absolute atomic E-state index is 0.104. The van der Waals surface area contributed by atoms with Gasteiger partial charge in [-0.15, -0.1) is 0 Å². The van der Waals surface area contributed by atoms with E-state index in [1.807, 2.05) is 0 Å². The number of anilines is 1. The van der Waals surface area contributed by atoms with Gasteiger partial charge in [0, 0.05) is 23.5 Å². The molecule has 3 rings (SSSR count). The predicted octanol–water partition coefficient (Wildman–Crippen LogP) is 1.34. The molecule has 0 saturated carbocycles. The molecule has 0 fully saturated rings. The lowest BCUT2D eigenvalue weighted by atomic mass is 10.1. The molecule has 1 N–H and O–H groups in total. The highest BCUT2D eigenvalue weighted by Gasteiger charge is 2.13. The molecule has 1 heterocycles. The third-order valence-electron chi connectivity index (χ3n) is 3.45. The Balaban J connectivity index is 1.83. The van der Waals surface area contributed by atoms with E-state index in [-0.39, 0.29) is 12.0 Å². The number of rotatable bonds is 4. The fourth-order valence-electron chi connectivity index (χ4n) is 2.29. The number of fused-ring (bicyclic) bond motifs is 1. The summed E-state index contributed by atoms with van der Waals surface area (Å²) in [6.07, 6.45) is -0.206. The quantitative estimate of drug-likeness (QED) is 0.731. The Hall–Kier alpha value is -3.41. The molecule has 0 bridgehead atoms. The lowest BCUT2D eigenvalue weighted by molar-refractivity contribution is -0.304. The molecule has 0 radical (unpaired) electrons. The van der Waals surface area contributed by atoms with Gasteiger partial charge < -0.3 is 19.6 Å². The fraction of sp³-hybridized carbons (Fsp3) is 0.0556. The van der Waals surface area contributed by atoms with Crippen molar-refractivity contribution in [2.24, 2.45) is 0 Å². The van der Waals surface area contributed by atoms with Crippen molar-refractivity contribution >= 4 is 28.5 Å². The van der Waals surface area contributed by atoms with Crippen LogP contribution in [0.1, 0.15) is 15.9 Å². The molecule has 0 aliphatic carbocycles. The summed E-state index contributed by atoms with van der Waals surface area (Å²) < 4.78 is 5.13. The number of carbonyl (C=O) groups is 2. The van der Waals surface area contributed by atoms with E-state index in [9.17, 15) is 19.5 Å². The Morgan fingerprint density at radius 2 is 1.75 bits per heavy atom. The number of carboxylic acid groups (broad SMARTS) is 1. The first-order chi connectivity index (χ1) is 11.5. The maximum atomic E-state index is 12.3. The molecule has 0 spiro atoms. The fourth-order valence-corrected chi connectivity index (χ4v) is 2.29. The second-order valence-corrected chi connectivity index (χ2v) is 5.19. The summed E-state index contributed by atoms with van der Waals surface area (Å²) in [4.78, 5) is 34.7. The monoisotopic (exact) mass is 322 g/mol. The van der Waals surface area contributed by atoms with E-state index in [1.54, 1.807) is 48.5 Å². The van der Waals surface area contributed by atoms with Crippen LogP contribution >= 0.6 is 0 Å². The average molecular weight is 322 g/mol. The number of nitrogens with one attached hydrogen (secondary N) is 1. The smallest absolute Gasteiger partial charge is 0.349 e. The highest BCUT2D eigenvalue weighted by Crippen LogP contribution is 2.15. The number of carboxylic acids is 1. The van der Waals surface area contributed by atoms with Crippen LogP contribution in [0, 0.1) is 0 Å². The molecule has 1 aromatic heterocycles. The number of hydrogen-bond donors (Lipinski definition) is 1. The molecule has 24 heavy (non-hydrogen) atoms. The second kappa shape index (κ2) is 6.37. The van der Waals surface area contributed by atoms with Gasteiger partial charge in [-0.1, -0.05) is 30.3 Å². The van der Waals surface area contributed by atoms with E-state index in [0.717, 1.165) is 0 Å². The van der Waals surface area contributed by atoms with E-state index in [1.165, 1.54) is 6.07 Å².